The van der Waals surface area contributed by atoms with E-state index >= 15 is 0 Å². The van der Waals surface area contributed by atoms with E-state index < -0.39 is 0 Å². The van der Waals surface area contributed by atoms with E-state index in [1.165, 1.54) is 22.6 Å². The van der Waals surface area contributed by atoms with Crippen LogP contribution in [0.1, 0.15) is 38.7 Å². The summed E-state index contributed by atoms with van der Waals surface area (Å²) in [7, 11) is -0.367. The Morgan fingerprint density at radius 3 is 2.10 bits per heavy atom. The summed E-state index contributed by atoms with van der Waals surface area (Å²) in [6, 6.07) is 19.4. The molecule has 1 aliphatic carbocycles. The van der Waals surface area contributed by atoms with Gasteiger partial charge in [0.1, 0.15) is 0 Å². The van der Waals surface area contributed by atoms with Crippen molar-refractivity contribution in [2.45, 2.75) is 51.7 Å². The minimum absolute atomic E-state index is 0. The zero-order valence-electron chi connectivity index (χ0n) is 17.8. The monoisotopic (exact) mass is 479 g/mol. The maximum absolute atomic E-state index is 4.51. The van der Waals surface area contributed by atoms with E-state index in [1.807, 2.05) is 0 Å². The maximum Gasteiger partial charge on any atom is 4.00 e. The second-order valence-corrected chi connectivity index (χ2v) is 10.2. The molecule has 2 aromatic carbocycles. The molecular formula is C23H29Cl2N2SiTi. The number of para-hydroxylation sites is 2. The zero-order valence-corrected chi connectivity index (χ0v) is 21.9. The van der Waals surface area contributed by atoms with E-state index in [2.05, 4.69) is 111 Å². The molecule has 0 spiro atoms. The van der Waals surface area contributed by atoms with Gasteiger partial charge < -0.3 is 34.7 Å². The van der Waals surface area contributed by atoms with Crippen molar-refractivity contribution in [1.82, 2.24) is 0 Å². The van der Waals surface area contributed by atoms with Crippen molar-refractivity contribution < 1.29 is 46.5 Å². The fraction of sp³-hybridized carbons (Fsp3) is 0.348. The van der Waals surface area contributed by atoms with Gasteiger partial charge in [-0.1, -0.05) is 85.1 Å². The Kier molecular flexibility index (Phi) is 12.0. The molecule has 0 N–H and O–H groups in total. The summed E-state index contributed by atoms with van der Waals surface area (Å²) in [4.78, 5) is 6.90. The second-order valence-electron chi connectivity index (χ2n) is 8.08. The first-order valence-electron chi connectivity index (χ1n) is 9.37. The van der Waals surface area contributed by atoms with Crippen LogP contribution in [0.2, 0.25) is 13.1 Å². The van der Waals surface area contributed by atoms with Gasteiger partial charge in [-0.25, -0.2) is 12.5 Å². The van der Waals surface area contributed by atoms with Gasteiger partial charge in [-0.3, -0.25) is 0 Å². The summed E-state index contributed by atoms with van der Waals surface area (Å²) >= 11 is 0. The average molecular weight is 480 g/mol. The van der Waals surface area contributed by atoms with Crippen LogP contribution < -0.4 is 29.7 Å². The standard InChI is InChI=1S/C17H14N.C6H15NSi.2ClH.Ti/c1-2-7-13(8-3-1)18-16-11-5-4-9-14(16)15-10-6-12-17(15)18;1-6(2,3)7-8(4)5;;;/h1-9,11-12,15H,10H2;1-5H3;2*1H;/q2*-1;;;+4/p-2. The van der Waals surface area contributed by atoms with Crippen molar-refractivity contribution in [2.75, 3.05) is 4.90 Å². The Bertz CT molecular complexity index is 776. The van der Waals surface area contributed by atoms with Crippen LogP contribution in [0.25, 0.3) is 4.98 Å². The van der Waals surface area contributed by atoms with Gasteiger partial charge in [0.15, 0.2) is 0 Å². The summed E-state index contributed by atoms with van der Waals surface area (Å²) in [6.45, 7) is 10.8. The van der Waals surface area contributed by atoms with Gasteiger partial charge >= 0.3 is 21.7 Å². The molecular weight excluding hydrogens is 451 g/mol. The first kappa shape index (κ1) is 28.3. The van der Waals surface area contributed by atoms with Crippen molar-refractivity contribution in [1.29, 1.82) is 0 Å². The van der Waals surface area contributed by atoms with Crippen molar-refractivity contribution in [2.24, 2.45) is 0 Å². The topological polar surface area (TPSA) is 17.3 Å². The molecule has 0 amide bonds. The van der Waals surface area contributed by atoms with Crippen LogP contribution in [0.15, 0.2) is 66.4 Å². The van der Waals surface area contributed by atoms with Crippen LogP contribution >= 0.6 is 0 Å². The normalized spacial score (nSPS) is 16.0. The number of benzene rings is 2. The summed E-state index contributed by atoms with van der Waals surface area (Å²) in [5.41, 5.74) is 5.67. The zero-order chi connectivity index (χ0) is 18.7. The number of allylic oxidation sites excluding steroid dienone is 2. The van der Waals surface area contributed by atoms with E-state index in [1.54, 1.807) is 0 Å². The molecule has 1 aliphatic heterocycles. The van der Waals surface area contributed by atoms with E-state index in [9.17, 15) is 0 Å². The molecule has 1 heterocycles. The molecule has 0 saturated heterocycles. The number of hydrogen-bond acceptors (Lipinski definition) is 1. The number of hydrogen-bond donors (Lipinski definition) is 0. The van der Waals surface area contributed by atoms with Gasteiger partial charge in [0.2, 0.25) is 0 Å². The van der Waals surface area contributed by atoms with Gasteiger partial charge in [0.05, 0.1) is 0 Å². The molecule has 0 aromatic heterocycles. The van der Waals surface area contributed by atoms with Gasteiger partial charge in [0, 0.05) is 11.4 Å². The molecule has 1 radical (unpaired) electrons. The van der Waals surface area contributed by atoms with E-state index in [4.69, 9.17) is 0 Å². The van der Waals surface area contributed by atoms with Crippen LogP contribution in [-0.2, 0) is 21.7 Å². The van der Waals surface area contributed by atoms with E-state index in [0.29, 0.717) is 5.92 Å². The molecule has 2 aromatic rings. The fourth-order valence-corrected chi connectivity index (χ4v) is 5.08. The van der Waals surface area contributed by atoms with Crippen LogP contribution in [0.3, 0.4) is 0 Å². The summed E-state index contributed by atoms with van der Waals surface area (Å²) in [6.07, 6.45) is 5.69. The minimum atomic E-state index is -0.367. The molecule has 2 nitrogen and oxygen atoms in total. The first-order valence-corrected chi connectivity index (χ1v) is 11.8. The van der Waals surface area contributed by atoms with Crippen molar-refractivity contribution >= 4 is 20.3 Å². The molecule has 1 unspecified atom stereocenters. The van der Waals surface area contributed by atoms with Crippen LogP contribution in [0.4, 0.5) is 11.4 Å². The van der Waals surface area contributed by atoms with Gasteiger partial charge in [-0.05, 0) is 23.8 Å². The molecule has 6 heteroatoms. The van der Waals surface area contributed by atoms with Crippen molar-refractivity contribution in [3.8, 4) is 0 Å². The quantitative estimate of drug-likeness (QED) is 0.460. The number of anilines is 2. The molecule has 4 rings (SSSR count). The molecule has 29 heavy (non-hydrogen) atoms. The largest absolute Gasteiger partial charge is 4.00 e. The van der Waals surface area contributed by atoms with Gasteiger partial charge in [-0.15, -0.1) is 17.7 Å². The average Bonchev–Trinajstić information content (AvgIpc) is 3.14. The Balaban J connectivity index is 0.000000628. The second kappa shape index (κ2) is 12.2. The third-order valence-electron chi connectivity index (χ3n) is 4.40. The number of nitrogens with zero attached hydrogens (tertiary/aromatic N) is 2. The molecule has 1 atom stereocenters. The smallest absolute Gasteiger partial charge is 1.00 e. The molecule has 0 fully saturated rings. The number of halogens is 2. The third-order valence-corrected chi connectivity index (χ3v) is 5.52. The molecule has 0 saturated carbocycles. The summed E-state index contributed by atoms with van der Waals surface area (Å²) in [5.74, 6) is 0.557. The van der Waals surface area contributed by atoms with Crippen LogP contribution in [0, 0.1) is 6.42 Å². The Morgan fingerprint density at radius 2 is 1.55 bits per heavy atom. The third kappa shape index (κ3) is 7.20. The SMILES string of the molecule is C1=C2C(C[CH-]1)c1ccccc1N2c1ccccc1.C[Si](C)[N-]C(C)(C)C.[Cl-].[Cl-].[Ti+4]. The molecule has 0 bridgehead atoms. The molecule has 2 aliphatic rings. The number of rotatable bonds is 2. The van der Waals surface area contributed by atoms with Crippen molar-refractivity contribution in [3.63, 3.8) is 0 Å². The minimum Gasteiger partial charge on any atom is -1.00 e. The maximum atomic E-state index is 4.51. The Labute approximate surface area is 205 Å². The van der Waals surface area contributed by atoms with Gasteiger partial charge in [-0.2, -0.15) is 0 Å². The summed E-state index contributed by atoms with van der Waals surface area (Å²) < 4.78 is 0. The Hall–Kier alpha value is -0.679. The van der Waals surface area contributed by atoms with Crippen LogP contribution in [0.5, 0.6) is 0 Å². The summed E-state index contributed by atoms with van der Waals surface area (Å²) in [5, 5.41) is 0. The van der Waals surface area contributed by atoms with Gasteiger partial charge in [0.25, 0.3) is 0 Å². The predicted molar refractivity (Wildman–Crippen MR) is 115 cm³/mol. The van der Waals surface area contributed by atoms with E-state index in [0.717, 1.165) is 6.42 Å². The van der Waals surface area contributed by atoms with Crippen LogP contribution in [-0.4, -0.2) is 14.5 Å². The predicted octanol–water partition coefficient (Wildman–Crippen LogP) is 0.829. The Morgan fingerprint density at radius 1 is 0.966 bits per heavy atom. The first-order chi connectivity index (χ1) is 12.4. The number of fused-ring (bicyclic) bond motifs is 3. The van der Waals surface area contributed by atoms with E-state index in [-0.39, 0.29) is 61.0 Å². The molecule has 153 valence electrons. The fourth-order valence-electron chi connectivity index (χ4n) is 3.74. The van der Waals surface area contributed by atoms with Crippen molar-refractivity contribution in [3.05, 3.63) is 83.3 Å².